The normalized spacial score (nSPS) is 26.9. The first kappa shape index (κ1) is 23.3. The first-order valence-electron chi connectivity index (χ1n) is 11.3. The number of carbonyl (C=O) groups excluding carboxylic acids is 2. The minimum atomic E-state index is -0.907. The fourth-order valence-electron chi connectivity index (χ4n) is 4.64. The lowest BCUT2D eigenvalue weighted by Crippen LogP contribution is -2.59. The standard InChI is InChI=1S/C23H32ClN3O5/c1-25-6-5-18(15-25)22(29)27-9-12-32-23(16-27,14-21(28)26-7-10-30-11-8-26)17-31-20-4-2-3-19(24)13-20/h2-4,13,18H,5-12,14-17H2,1H3. The van der Waals surface area contributed by atoms with Gasteiger partial charge in [-0.25, -0.2) is 0 Å². The summed E-state index contributed by atoms with van der Waals surface area (Å²) < 4.78 is 17.6. The van der Waals surface area contributed by atoms with Gasteiger partial charge in [0, 0.05) is 31.2 Å². The van der Waals surface area contributed by atoms with Crippen LogP contribution in [0.25, 0.3) is 0 Å². The van der Waals surface area contributed by atoms with Crippen LogP contribution in [0, 0.1) is 5.92 Å². The Labute approximate surface area is 194 Å². The van der Waals surface area contributed by atoms with Crippen LogP contribution in [0.1, 0.15) is 12.8 Å². The quantitative estimate of drug-likeness (QED) is 0.634. The molecule has 0 spiro atoms. The second kappa shape index (κ2) is 10.4. The van der Waals surface area contributed by atoms with E-state index < -0.39 is 5.60 Å². The number of carbonyl (C=O) groups is 2. The Balaban J connectivity index is 1.49. The van der Waals surface area contributed by atoms with Gasteiger partial charge in [-0.05, 0) is 38.2 Å². The average molecular weight is 466 g/mol. The number of morpholine rings is 2. The molecule has 1 aromatic carbocycles. The third-order valence-electron chi connectivity index (χ3n) is 6.44. The zero-order valence-electron chi connectivity index (χ0n) is 18.6. The van der Waals surface area contributed by atoms with E-state index in [1.807, 2.05) is 24.1 Å². The molecule has 0 aromatic heterocycles. The molecule has 2 amide bonds. The van der Waals surface area contributed by atoms with Crippen molar-refractivity contribution in [2.75, 3.05) is 72.7 Å². The van der Waals surface area contributed by atoms with Crippen molar-refractivity contribution in [3.63, 3.8) is 0 Å². The van der Waals surface area contributed by atoms with E-state index >= 15 is 0 Å². The van der Waals surface area contributed by atoms with Crippen molar-refractivity contribution in [1.82, 2.24) is 14.7 Å². The first-order valence-corrected chi connectivity index (χ1v) is 11.7. The van der Waals surface area contributed by atoms with Crippen molar-refractivity contribution in [3.8, 4) is 5.75 Å². The van der Waals surface area contributed by atoms with Crippen LogP contribution < -0.4 is 4.74 Å². The molecule has 3 aliphatic heterocycles. The molecule has 9 heteroatoms. The van der Waals surface area contributed by atoms with Crippen molar-refractivity contribution < 1.29 is 23.8 Å². The van der Waals surface area contributed by atoms with Crippen LogP contribution >= 0.6 is 11.6 Å². The van der Waals surface area contributed by atoms with Crippen molar-refractivity contribution in [3.05, 3.63) is 29.3 Å². The number of benzene rings is 1. The van der Waals surface area contributed by atoms with E-state index in [2.05, 4.69) is 4.90 Å². The second-order valence-corrected chi connectivity index (χ2v) is 9.39. The molecule has 4 rings (SSSR count). The Morgan fingerprint density at radius 3 is 2.66 bits per heavy atom. The highest BCUT2D eigenvalue weighted by atomic mass is 35.5. The number of hydrogen-bond acceptors (Lipinski definition) is 6. The summed E-state index contributed by atoms with van der Waals surface area (Å²) in [6.45, 7) is 5.33. The van der Waals surface area contributed by atoms with Gasteiger partial charge in [0.25, 0.3) is 0 Å². The molecule has 3 saturated heterocycles. The number of amides is 2. The van der Waals surface area contributed by atoms with E-state index in [1.54, 1.807) is 17.0 Å². The first-order chi connectivity index (χ1) is 15.4. The molecule has 2 unspecified atom stereocenters. The summed E-state index contributed by atoms with van der Waals surface area (Å²) in [5.74, 6) is 0.751. The molecular weight excluding hydrogens is 434 g/mol. The maximum atomic E-state index is 13.2. The monoisotopic (exact) mass is 465 g/mol. The fourth-order valence-corrected chi connectivity index (χ4v) is 4.83. The van der Waals surface area contributed by atoms with Gasteiger partial charge in [0.05, 0.1) is 38.7 Å². The van der Waals surface area contributed by atoms with Crippen LogP contribution in [0.15, 0.2) is 24.3 Å². The van der Waals surface area contributed by atoms with Crippen LogP contribution in [-0.2, 0) is 19.1 Å². The van der Waals surface area contributed by atoms with Gasteiger partial charge in [0.15, 0.2) is 0 Å². The fraction of sp³-hybridized carbons (Fsp3) is 0.652. The third kappa shape index (κ3) is 5.73. The molecule has 1 aromatic rings. The lowest BCUT2D eigenvalue weighted by molar-refractivity contribution is -0.169. The number of nitrogens with zero attached hydrogens (tertiary/aromatic N) is 3. The van der Waals surface area contributed by atoms with E-state index in [0.717, 1.165) is 19.5 Å². The van der Waals surface area contributed by atoms with E-state index in [4.69, 9.17) is 25.8 Å². The van der Waals surface area contributed by atoms with Crippen LogP contribution in [0.5, 0.6) is 5.75 Å². The Morgan fingerprint density at radius 1 is 1.16 bits per heavy atom. The largest absolute Gasteiger partial charge is 0.490 e. The van der Waals surface area contributed by atoms with Crippen LogP contribution in [0.2, 0.25) is 5.02 Å². The predicted molar refractivity (Wildman–Crippen MR) is 120 cm³/mol. The summed E-state index contributed by atoms with van der Waals surface area (Å²) >= 11 is 6.10. The van der Waals surface area contributed by atoms with Gasteiger partial charge in [-0.1, -0.05) is 17.7 Å². The Bertz CT molecular complexity index is 819. The summed E-state index contributed by atoms with van der Waals surface area (Å²) in [4.78, 5) is 32.2. The number of likely N-dealkylation sites (tertiary alicyclic amines) is 1. The van der Waals surface area contributed by atoms with E-state index in [1.165, 1.54) is 0 Å². The molecule has 0 aliphatic carbocycles. The van der Waals surface area contributed by atoms with E-state index in [9.17, 15) is 9.59 Å². The Morgan fingerprint density at radius 2 is 1.94 bits per heavy atom. The van der Waals surface area contributed by atoms with Gasteiger partial charge >= 0.3 is 0 Å². The zero-order chi connectivity index (χ0) is 22.6. The Kier molecular flexibility index (Phi) is 7.55. The zero-order valence-corrected chi connectivity index (χ0v) is 19.4. The molecule has 8 nitrogen and oxygen atoms in total. The van der Waals surface area contributed by atoms with Crippen molar-refractivity contribution in [1.29, 1.82) is 0 Å². The third-order valence-corrected chi connectivity index (χ3v) is 6.67. The second-order valence-electron chi connectivity index (χ2n) is 8.96. The SMILES string of the molecule is CN1CCC(C(=O)N2CCOC(COc3cccc(Cl)c3)(CC(=O)N3CCOCC3)C2)C1. The smallest absolute Gasteiger partial charge is 0.227 e. The summed E-state index contributed by atoms with van der Waals surface area (Å²) in [6.07, 6.45) is 1.02. The Hall–Kier alpha value is -1.87. The van der Waals surface area contributed by atoms with Gasteiger partial charge in [0.2, 0.25) is 11.8 Å². The highest BCUT2D eigenvalue weighted by Gasteiger charge is 2.44. The van der Waals surface area contributed by atoms with Gasteiger partial charge in [-0.2, -0.15) is 0 Å². The van der Waals surface area contributed by atoms with Crippen LogP contribution in [-0.4, -0.2) is 105 Å². The summed E-state index contributed by atoms with van der Waals surface area (Å²) in [5, 5.41) is 0.577. The molecule has 2 atom stereocenters. The minimum absolute atomic E-state index is 0.000377. The predicted octanol–water partition coefficient (Wildman–Crippen LogP) is 1.52. The number of halogens is 1. The maximum Gasteiger partial charge on any atom is 0.227 e. The molecular formula is C23H32ClN3O5. The minimum Gasteiger partial charge on any atom is -0.490 e. The maximum absolute atomic E-state index is 13.2. The molecule has 3 aliphatic rings. The summed E-state index contributed by atoms with van der Waals surface area (Å²) in [5.41, 5.74) is -0.907. The summed E-state index contributed by atoms with van der Waals surface area (Å²) in [6, 6.07) is 7.16. The number of ether oxygens (including phenoxy) is 3. The van der Waals surface area contributed by atoms with Crippen molar-refractivity contribution >= 4 is 23.4 Å². The molecule has 32 heavy (non-hydrogen) atoms. The molecule has 0 bridgehead atoms. The van der Waals surface area contributed by atoms with E-state index in [0.29, 0.717) is 56.8 Å². The van der Waals surface area contributed by atoms with Crippen molar-refractivity contribution in [2.24, 2.45) is 5.92 Å². The molecule has 3 heterocycles. The van der Waals surface area contributed by atoms with Crippen molar-refractivity contribution in [2.45, 2.75) is 18.4 Å². The summed E-state index contributed by atoms with van der Waals surface area (Å²) in [7, 11) is 2.04. The average Bonchev–Trinajstić information content (AvgIpc) is 3.24. The molecule has 3 fully saturated rings. The molecule has 0 radical (unpaired) electrons. The lowest BCUT2D eigenvalue weighted by Gasteiger charge is -2.43. The van der Waals surface area contributed by atoms with Crippen LogP contribution in [0.4, 0.5) is 0 Å². The molecule has 0 N–H and O–H groups in total. The molecule has 0 saturated carbocycles. The number of rotatable bonds is 6. The topological polar surface area (TPSA) is 71.6 Å². The highest BCUT2D eigenvalue weighted by molar-refractivity contribution is 6.30. The number of hydrogen-bond donors (Lipinski definition) is 0. The van der Waals surface area contributed by atoms with Crippen LogP contribution in [0.3, 0.4) is 0 Å². The van der Waals surface area contributed by atoms with E-state index in [-0.39, 0.29) is 30.8 Å². The van der Waals surface area contributed by atoms with Gasteiger partial charge in [-0.15, -0.1) is 0 Å². The van der Waals surface area contributed by atoms with Gasteiger partial charge in [-0.3, -0.25) is 9.59 Å². The van der Waals surface area contributed by atoms with Gasteiger partial charge in [0.1, 0.15) is 18.0 Å². The lowest BCUT2D eigenvalue weighted by atomic mass is 9.95. The van der Waals surface area contributed by atoms with Gasteiger partial charge < -0.3 is 28.9 Å². The highest BCUT2D eigenvalue weighted by Crippen LogP contribution is 2.28. The molecule has 176 valence electrons.